The highest BCUT2D eigenvalue weighted by atomic mass is 19.1. The van der Waals surface area contributed by atoms with Crippen LogP contribution < -0.4 is 10.2 Å². The van der Waals surface area contributed by atoms with Gasteiger partial charge in [0.2, 0.25) is 0 Å². The Morgan fingerprint density at radius 1 is 1.00 bits per heavy atom. The summed E-state index contributed by atoms with van der Waals surface area (Å²) >= 11 is 0. The molecule has 23 heavy (non-hydrogen) atoms. The van der Waals surface area contributed by atoms with Gasteiger partial charge in [0.1, 0.15) is 11.6 Å². The van der Waals surface area contributed by atoms with Crippen LogP contribution >= 0.6 is 0 Å². The van der Waals surface area contributed by atoms with Crippen LogP contribution in [0, 0.1) is 5.82 Å². The standard InChI is InChI=1S/C17H18FN3O2/c18-13-5-1-3-7-15(13)20-9-11-21(12-10-20)17(23)19-14-6-2-4-8-16(14)22/h1-8,22H,9-12H2,(H,19,23). The highest BCUT2D eigenvalue weighted by Crippen LogP contribution is 2.23. The molecule has 1 heterocycles. The van der Waals surface area contributed by atoms with Crippen molar-refractivity contribution in [1.29, 1.82) is 0 Å². The lowest BCUT2D eigenvalue weighted by Crippen LogP contribution is -2.50. The lowest BCUT2D eigenvalue weighted by molar-refractivity contribution is 0.208. The molecule has 1 aliphatic rings. The Kier molecular flexibility index (Phi) is 4.32. The first-order chi connectivity index (χ1) is 11.1. The van der Waals surface area contributed by atoms with Crippen molar-refractivity contribution in [2.45, 2.75) is 0 Å². The lowest BCUT2D eigenvalue weighted by atomic mass is 10.2. The number of rotatable bonds is 2. The van der Waals surface area contributed by atoms with Crippen LogP contribution in [0.2, 0.25) is 0 Å². The van der Waals surface area contributed by atoms with Gasteiger partial charge in [0.15, 0.2) is 0 Å². The first-order valence-corrected chi connectivity index (χ1v) is 7.48. The second-order valence-electron chi connectivity index (χ2n) is 5.37. The maximum absolute atomic E-state index is 13.8. The second-order valence-corrected chi connectivity index (χ2v) is 5.37. The molecule has 0 atom stereocenters. The summed E-state index contributed by atoms with van der Waals surface area (Å²) in [5.74, 6) is -0.217. The zero-order chi connectivity index (χ0) is 16.2. The Labute approximate surface area is 133 Å². The van der Waals surface area contributed by atoms with Crippen LogP contribution in [0.1, 0.15) is 0 Å². The summed E-state index contributed by atoms with van der Waals surface area (Å²) in [6, 6.07) is 13.0. The Balaban J connectivity index is 1.60. The number of halogens is 1. The molecule has 0 bridgehead atoms. The van der Waals surface area contributed by atoms with Gasteiger partial charge in [-0.15, -0.1) is 0 Å². The van der Waals surface area contributed by atoms with Gasteiger partial charge in [0.05, 0.1) is 11.4 Å². The summed E-state index contributed by atoms with van der Waals surface area (Å²) in [6.07, 6.45) is 0. The van der Waals surface area contributed by atoms with E-state index in [1.54, 1.807) is 41.3 Å². The number of anilines is 2. The van der Waals surface area contributed by atoms with E-state index in [0.717, 1.165) is 0 Å². The van der Waals surface area contributed by atoms with Gasteiger partial charge in [-0.25, -0.2) is 9.18 Å². The van der Waals surface area contributed by atoms with Gasteiger partial charge >= 0.3 is 6.03 Å². The quantitative estimate of drug-likeness (QED) is 0.838. The molecule has 6 heteroatoms. The Hall–Kier alpha value is -2.76. The molecule has 1 saturated heterocycles. The number of hydrogen-bond acceptors (Lipinski definition) is 3. The number of piperazine rings is 1. The number of benzene rings is 2. The molecular formula is C17H18FN3O2. The number of urea groups is 1. The number of para-hydroxylation sites is 3. The summed E-state index contributed by atoms with van der Waals surface area (Å²) in [7, 11) is 0. The highest BCUT2D eigenvalue weighted by molar-refractivity contribution is 5.91. The van der Waals surface area contributed by atoms with Crippen LogP contribution in [0.5, 0.6) is 5.75 Å². The largest absolute Gasteiger partial charge is 0.506 e. The van der Waals surface area contributed by atoms with Gasteiger partial charge in [0, 0.05) is 26.2 Å². The number of phenolic OH excluding ortho intramolecular Hbond substituents is 1. The number of hydrogen-bond donors (Lipinski definition) is 2. The zero-order valence-electron chi connectivity index (χ0n) is 12.6. The number of amides is 2. The van der Waals surface area contributed by atoms with Crippen LogP contribution in [0.4, 0.5) is 20.6 Å². The van der Waals surface area contributed by atoms with Crippen molar-refractivity contribution in [3.63, 3.8) is 0 Å². The van der Waals surface area contributed by atoms with Crippen LogP contribution in [-0.4, -0.2) is 42.2 Å². The molecule has 1 fully saturated rings. The first-order valence-electron chi connectivity index (χ1n) is 7.48. The SMILES string of the molecule is O=C(Nc1ccccc1O)N1CCN(c2ccccc2F)CC1. The summed E-state index contributed by atoms with van der Waals surface area (Å²) in [5, 5.41) is 12.4. The van der Waals surface area contributed by atoms with Crippen LogP contribution in [-0.2, 0) is 0 Å². The molecule has 0 aromatic heterocycles. The topological polar surface area (TPSA) is 55.8 Å². The molecule has 0 aliphatic carbocycles. The van der Waals surface area contributed by atoms with E-state index in [2.05, 4.69) is 5.32 Å². The number of carbonyl (C=O) groups is 1. The number of nitrogens with one attached hydrogen (secondary N) is 1. The van der Waals surface area contributed by atoms with Crippen LogP contribution in [0.3, 0.4) is 0 Å². The van der Waals surface area contributed by atoms with E-state index < -0.39 is 0 Å². The van der Waals surface area contributed by atoms with Crippen LogP contribution in [0.25, 0.3) is 0 Å². The maximum atomic E-state index is 13.8. The van der Waals surface area contributed by atoms with E-state index in [-0.39, 0.29) is 17.6 Å². The molecule has 2 amide bonds. The molecule has 3 rings (SSSR count). The molecule has 0 saturated carbocycles. The van der Waals surface area contributed by atoms with Gasteiger partial charge in [-0.1, -0.05) is 24.3 Å². The lowest BCUT2D eigenvalue weighted by Gasteiger charge is -2.36. The molecule has 0 spiro atoms. The van der Waals surface area contributed by atoms with E-state index in [9.17, 15) is 14.3 Å². The minimum atomic E-state index is -0.264. The van der Waals surface area contributed by atoms with E-state index in [1.807, 2.05) is 4.90 Å². The Bertz CT molecular complexity index is 700. The van der Waals surface area contributed by atoms with Gasteiger partial charge in [-0.2, -0.15) is 0 Å². The number of carbonyl (C=O) groups excluding carboxylic acids is 1. The van der Waals surface area contributed by atoms with Crippen molar-refractivity contribution in [2.24, 2.45) is 0 Å². The van der Waals surface area contributed by atoms with E-state index in [4.69, 9.17) is 0 Å². The second kappa shape index (κ2) is 6.56. The van der Waals surface area contributed by atoms with E-state index >= 15 is 0 Å². The fraction of sp³-hybridized carbons (Fsp3) is 0.235. The molecular weight excluding hydrogens is 297 g/mol. The van der Waals surface area contributed by atoms with E-state index in [1.165, 1.54) is 12.1 Å². The Morgan fingerprint density at radius 3 is 2.35 bits per heavy atom. The van der Waals surface area contributed by atoms with E-state index in [0.29, 0.717) is 37.6 Å². The van der Waals surface area contributed by atoms with Crippen molar-refractivity contribution in [2.75, 3.05) is 36.4 Å². The first kappa shape index (κ1) is 15.1. The van der Waals surface area contributed by atoms with Gasteiger partial charge in [-0.05, 0) is 24.3 Å². The molecule has 5 nitrogen and oxygen atoms in total. The summed E-state index contributed by atoms with van der Waals surface area (Å²) in [6.45, 7) is 2.12. The molecule has 0 unspecified atom stereocenters. The predicted molar refractivity (Wildman–Crippen MR) is 87.3 cm³/mol. The summed E-state index contributed by atoms with van der Waals surface area (Å²) in [4.78, 5) is 15.8. The molecule has 1 aliphatic heterocycles. The molecule has 2 N–H and O–H groups in total. The molecule has 0 radical (unpaired) electrons. The predicted octanol–water partition coefficient (Wildman–Crippen LogP) is 2.89. The van der Waals surface area contributed by atoms with Gasteiger partial charge < -0.3 is 20.2 Å². The van der Waals surface area contributed by atoms with Crippen molar-refractivity contribution >= 4 is 17.4 Å². The van der Waals surface area contributed by atoms with Gasteiger partial charge in [-0.3, -0.25) is 0 Å². The van der Waals surface area contributed by atoms with Crippen LogP contribution in [0.15, 0.2) is 48.5 Å². The van der Waals surface area contributed by atoms with Gasteiger partial charge in [0.25, 0.3) is 0 Å². The van der Waals surface area contributed by atoms with Crippen molar-refractivity contribution in [3.05, 3.63) is 54.3 Å². The monoisotopic (exact) mass is 315 g/mol. The number of nitrogens with zero attached hydrogens (tertiary/aromatic N) is 2. The summed E-state index contributed by atoms with van der Waals surface area (Å²) in [5.41, 5.74) is 0.947. The smallest absolute Gasteiger partial charge is 0.322 e. The minimum absolute atomic E-state index is 0.0332. The van der Waals surface area contributed by atoms with Crippen molar-refractivity contribution < 1.29 is 14.3 Å². The third-order valence-electron chi connectivity index (χ3n) is 3.91. The molecule has 2 aromatic rings. The maximum Gasteiger partial charge on any atom is 0.322 e. The summed E-state index contributed by atoms with van der Waals surface area (Å²) < 4.78 is 13.8. The third kappa shape index (κ3) is 3.36. The average Bonchev–Trinajstić information content (AvgIpc) is 2.57. The molecule has 2 aromatic carbocycles. The highest BCUT2D eigenvalue weighted by Gasteiger charge is 2.23. The minimum Gasteiger partial charge on any atom is -0.506 e. The van der Waals surface area contributed by atoms with Crippen molar-refractivity contribution in [3.8, 4) is 5.75 Å². The van der Waals surface area contributed by atoms with Crippen molar-refractivity contribution in [1.82, 2.24) is 4.90 Å². The number of phenols is 1. The number of aromatic hydroxyl groups is 1. The molecule has 120 valence electrons. The fourth-order valence-corrected chi connectivity index (χ4v) is 2.63. The average molecular weight is 315 g/mol. The normalized spacial score (nSPS) is 14.7. The Morgan fingerprint density at radius 2 is 1.65 bits per heavy atom. The zero-order valence-corrected chi connectivity index (χ0v) is 12.6. The third-order valence-corrected chi connectivity index (χ3v) is 3.91. The fourth-order valence-electron chi connectivity index (χ4n) is 2.63.